The van der Waals surface area contributed by atoms with Crippen LogP contribution in [-0.4, -0.2) is 0 Å². The lowest BCUT2D eigenvalue weighted by Crippen LogP contribution is -2.19. The van der Waals surface area contributed by atoms with Gasteiger partial charge in [0.05, 0.1) is 45.5 Å². The molecule has 0 saturated heterocycles. The second kappa shape index (κ2) is 14.4. The highest BCUT2D eigenvalue weighted by Gasteiger charge is 2.31. The first-order valence-electron chi connectivity index (χ1n) is 21.5. The molecule has 0 bridgehead atoms. The SMILES string of the molecule is c1ccc2c(c1)Oc1ccccc1N2c1cc(N2c3ccccc3Oc3ccccc32)cc(N(c2ccc(-c3ccc4oc5ccccc5c4c3)cc2)c2cccc3ccccc23)c1. The molecular formula is C58H37N3O3. The van der Waals surface area contributed by atoms with Gasteiger partial charge in [0, 0.05) is 21.8 Å². The van der Waals surface area contributed by atoms with Crippen LogP contribution in [0.2, 0.25) is 0 Å². The molecule has 0 radical (unpaired) electrons. The molecular weight excluding hydrogens is 787 g/mol. The van der Waals surface area contributed by atoms with E-state index in [0.29, 0.717) is 0 Å². The Bertz CT molecular complexity index is 3400. The number of rotatable bonds is 6. The topological polar surface area (TPSA) is 41.3 Å². The second-order valence-corrected chi connectivity index (χ2v) is 16.1. The van der Waals surface area contributed by atoms with E-state index < -0.39 is 0 Å². The molecule has 1 aromatic heterocycles. The van der Waals surface area contributed by atoms with Crippen molar-refractivity contribution in [3.63, 3.8) is 0 Å². The maximum absolute atomic E-state index is 6.54. The summed E-state index contributed by atoms with van der Waals surface area (Å²) >= 11 is 0. The largest absolute Gasteiger partial charge is 0.456 e. The number of hydrogen-bond donors (Lipinski definition) is 0. The van der Waals surface area contributed by atoms with Crippen LogP contribution < -0.4 is 24.2 Å². The highest BCUT2D eigenvalue weighted by molar-refractivity contribution is 6.06. The lowest BCUT2D eigenvalue weighted by atomic mass is 10.0. The minimum atomic E-state index is 0.790. The van der Waals surface area contributed by atoms with Gasteiger partial charge in [0.1, 0.15) is 11.2 Å². The van der Waals surface area contributed by atoms with E-state index >= 15 is 0 Å². The quantitative estimate of drug-likeness (QED) is 0.166. The van der Waals surface area contributed by atoms with E-state index in [1.807, 2.05) is 60.7 Å². The fourth-order valence-corrected chi connectivity index (χ4v) is 9.47. The first kappa shape index (κ1) is 36.0. The summed E-state index contributed by atoms with van der Waals surface area (Å²) in [5.41, 5.74) is 12.8. The molecule has 0 saturated carbocycles. The van der Waals surface area contributed by atoms with Crippen molar-refractivity contribution in [2.75, 3.05) is 14.7 Å². The summed E-state index contributed by atoms with van der Waals surface area (Å²) in [7, 11) is 0. The molecule has 0 N–H and O–H groups in total. The standard InChI is InChI=1S/C58H37N3O3/c1-2-16-45-39(14-1)15-13-22-48(45)59(41-31-28-38(29-32-41)40-30-33-54-47(34-40)46-17-3-8-23-53(46)62-54)42-35-43(60-49-18-4-9-24-55(49)63-56-25-10-5-19-50(56)60)37-44(36-42)61-51-20-6-11-26-57(51)64-58-27-12-7-21-52(58)61/h1-37H. The monoisotopic (exact) mass is 823 g/mol. The summed E-state index contributed by atoms with van der Waals surface area (Å²) in [5.74, 6) is 3.16. The highest BCUT2D eigenvalue weighted by atomic mass is 16.5. The Morgan fingerprint density at radius 2 is 0.812 bits per heavy atom. The van der Waals surface area contributed by atoms with E-state index in [2.05, 4.69) is 178 Å². The minimum Gasteiger partial charge on any atom is -0.456 e. The van der Waals surface area contributed by atoms with E-state index in [9.17, 15) is 0 Å². The zero-order valence-electron chi connectivity index (χ0n) is 34.4. The predicted molar refractivity (Wildman–Crippen MR) is 261 cm³/mol. The molecule has 0 unspecified atom stereocenters. The van der Waals surface area contributed by atoms with Crippen LogP contribution in [0, 0.1) is 0 Å². The van der Waals surface area contributed by atoms with E-state index in [4.69, 9.17) is 13.9 Å². The van der Waals surface area contributed by atoms with Crippen molar-refractivity contribution in [2.45, 2.75) is 0 Å². The molecule has 302 valence electrons. The molecule has 11 aromatic rings. The third-order valence-corrected chi connectivity index (χ3v) is 12.4. The van der Waals surface area contributed by atoms with Gasteiger partial charge < -0.3 is 28.6 Å². The first-order chi connectivity index (χ1) is 31.7. The Morgan fingerprint density at radius 1 is 0.328 bits per heavy atom. The molecule has 0 aliphatic carbocycles. The van der Waals surface area contributed by atoms with Gasteiger partial charge in [0.2, 0.25) is 0 Å². The van der Waals surface area contributed by atoms with Crippen LogP contribution in [0.25, 0.3) is 43.8 Å². The smallest absolute Gasteiger partial charge is 0.151 e. The molecule has 0 amide bonds. The number of benzene rings is 10. The molecule has 10 aromatic carbocycles. The van der Waals surface area contributed by atoms with Gasteiger partial charge in [-0.05, 0) is 120 Å². The average Bonchev–Trinajstić information content (AvgIpc) is 3.73. The number of anilines is 9. The van der Waals surface area contributed by atoms with Gasteiger partial charge in [-0.25, -0.2) is 0 Å². The van der Waals surface area contributed by atoms with Crippen molar-refractivity contribution < 1.29 is 13.9 Å². The maximum atomic E-state index is 6.54. The van der Waals surface area contributed by atoms with Crippen molar-refractivity contribution in [3.05, 3.63) is 224 Å². The Labute approximate surface area is 369 Å². The van der Waals surface area contributed by atoms with Crippen LogP contribution in [-0.2, 0) is 0 Å². The van der Waals surface area contributed by atoms with Crippen LogP contribution in [0.5, 0.6) is 23.0 Å². The Hall–Kier alpha value is -8.74. The van der Waals surface area contributed by atoms with Gasteiger partial charge in [0.15, 0.2) is 23.0 Å². The van der Waals surface area contributed by atoms with Gasteiger partial charge in [-0.3, -0.25) is 0 Å². The molecule has 13 rings (SSSR count). The second-order valence-electron chi connectivity index (χ2n) is 16.1. The van der Waals surface area contributed by atoms with Crippen LogP contribution in [0.1, 0.15) is 0 Å². The van der Waals surface area contributed by atoms with Crippen molar-refractivity contribution in [2.24, 2.45) is 0 Å². The molecule has 6 heteroatoms. The number of hydrogen-bond acceptors (Lipinski definition) is 6. The molecule has 0 fully saturated rings. The van der Waals surface area contributed by atoms with Crippen molar-refractivity contribution >= 4 is 83.9 Å². The fraction of sp³-hybridized carbons (Fsp3) is 0. The van der Waals surface area contributed by atoms with Crippen LogP contribution >= 0.6 is 0 Å². The average molecular weight is 824 g/mol. The molecule has 0 spiro atoms. The van der Waals surface area contributed by atoms with E-state index in [0.717, 1.165) is 118 Å². The predicted octanol–water partition coefficient (Wildman–Crippen LogP) is 17.0. The summed E-state index contributed by atoms with van der Waals surface area (Å²) < 4.78 is 19.3. The Balaban J connectivity index is 1.05. The number of fused-ring (bicyclic) bond motifs is 8. The Morgan fingerprint density at radius 3 is 1.42 bits per heavy atom. The first-order valence-corrected chi connectivity index (χ1v) is 21.5. The molecule has 2 aliphatic rings. The number of furan rings is 1. The van der Waals surface area contributed by atoms with Gasteiger partial charge in [-0.15, -0.1) is 0 Å². The molecule has 6 nitrogen and oxygen atoms in total. The van der Waals surface area contributed by atoms with Gasteiger partial charge in [-0.1, -0.05) is 121 Å². The van der Waals surface area contributed by atoms with Gasteiger partial charge in [-0.2, -0.15) is 0 Å². The van der Waals surface area contributed by atoms with Crippen molar-refractivity contribution in [3.8, 4) is 34.1 Å². The van der Waals surface area contributed by atoms with E-state index in [1.54, 1.807) is 0 Å². The molecule has 64 heavy (non-hydrogen) atoms. The molecule has 2 aliphatic heterocycles. The summed E-state index contributed by atoms with van der Waals surface area (Å²) in [6.07, 6.45) is 0. The van der Waals surface area contributed by atoms with Gasteiger partial charge >= 0.3 is 0 Å². The van der Waals surface area contributed by atoms with Crippen LogP contribution in [0.3, 0.4) is 0 Å². The lowest BCUT2D eigenvalue weighted by Gasteiger charge is -2.37. The Kier molecular flexibility index (Phi) is 8.11. The maximum Gasteiger partial charge on any atom is 0.151 e. The third kappa shape index (κ3) is 5.81. The summed E-state index contributed by atoms with van der Waals surface area (Å²) in [5, 5.41) is 4.52. The zero-order valence-corrected chi connectivity index (χ0v) is 34.4. The molecule has 0 atom stereocenters. The fourth-order valence-electron chi connectivity index (χ4n) is 9.47. The molecule has 3 heterocycles. The number of ether oxygens (including phenoxy) is 2. The summed E-state index contributed by atoms with van der Waals surface area (Å²) in [6, 6.07) is 78.7. The minimum absolute atomic E-state index is 0.790. The normalized spacial score (nSPS) is 12.6. The lowest BCUT2D eigenvalue weighted by molar-refractivity contribution is 0.477. The summed E-state index contributed by atoms with van der Waals surface area (Å²) in [6.45, 7) is 0. The number of nitrogens with zero attached hydrogens (tertiary/aromatic N) is 3. The van der Waals surface area contributed by atoms with Gasteiger partial charge in [0.25, 0.3) is 0 Å². The zero-order chi connectivity index (χ0) is 42.1. The highest BCUT2D eigenvalue weighted by Crippen LogP contribution is 2.55. The number of para-hydroxylation sites is 9. The van der Waals surface area contributed by atoms with E-state index in [-0.39, 0.29) is 0 Å². The van der Waals surface area contributed by atoms with E-state index in [1.165, 1.54) is 0 Å². The third-order valence-electron chi connectivity index (χ3n) is 12.4. The van der Waals surface area contributed by atoms with Crippen molar-refractivity contribution in [1.82, 2.24) is 0 Å². The summed E-state index contributed by atoms with van der Waals surface area (Å²) in [4.78, 5) is 7.03. The van der Waals surface area contributed by atoms with Crippen LogP contribution in [0.15, 0.2) is 229 Å². The van der Waals surface area contributed by atoms with Crippen molar-refractivity contribution in [1.29, 1.82) is 0 Å². The van der Waals surface area contributed by atoms with Crippen LogP contribution in [0.4, 0.5) is 51.2 Å².